The summed E-state index contributed by atoms with van der Waals surface area (Å²) in [6, 6.07) is 0.246. The first kappa shape index (κ1) is 18.4. The molecule has 140 valence electrons. The van der Waals surface area contributed by atoms with Gasteiger partial charge in [0.1, 0.15) is 5.76 Å². The van der Waals surface area contributed by atoms with Crippen LogP contribution in [-0.2, 0) is 16.1 Å². The van der Waals surface area contributed by atoms with Crippen LogP contribution in [0, 0.1) is 25.7 Å². The molecule has 2 aliphatic rings. The molecule has 1 aromatic rings. The third-order valence-corrected chi connectivity index (χ3v) is 5.66. The third kappa shape index (κ3) is 4.42. The van der Waals surface area contributed by atoms with Crippen molar-refractivity contribution in [2.45, 2.75) is 59.0 Å². The van der Waals surface area contributed by atoms with Gasteiger partial charge in [0.05, 0.1) is 5.69 Å². The highest BCUT2D eigenvalue weighted by molar-refractivity contribution is 5.79. The summed E-state index contributed by atoms with van der Waals surface area (Å²) in [5.74, 6) is 1.76. The van der Waals surface area contributed by atoms with Gasteiger partial charge in [-0.25, -0.2) is 0 Å². The van der Waals surface area contributed by atoms with Gasteiger partial charge in [-0.1, -0.05) is 18.5 Å². The average Bonchev–Trinajstić information content (AvgIpc) is 3.14. The Bertz CT molecular complexity index is 561. The molecule has 6 nitrogen and oxygen atoms in total. The Morgan fingerprint density at radius 1 is 1.28 bits per heavy atom. The molecule has 6 heteroatoms. The Morgan fingerprint density at radius 2 is 2.04 bits per heavy atom. The number of hydrogen-bond donors (Lipinski definition) is 1. The molecule has 0 spiro atoms. The molecule has 2 unspecified atom stereocenters. The fourth-order valence-corrected chi connectivity index (χ4v) is 4.13. The number of aryl methyl sites for hydroxylation is 2. The number of amides is 1. The van der Waals surface area contributed by atoms with Crippen LogP contribution in [0.3, 0.4) is 0 Å². The van der Waals surface area contributed by atoms with E-state index in [0.29, 0.717) is 19.1 Å². The first-order chi connectivity index (χ1) is 12.1. The van der Waals surface area contributed by atoms with Crippen LogP contribution < -0.4 is 5.32 Å². The maximum absolute atomic E-state index is 12.6. The van der Waals surface area contributed by atoms with Crippen molar-refractivity contribution in [1.82, 2.24) is 15.4 Å². The molecule has 0 radical (unpaired) electrons. The molecule has 0 bridgehead atoms. The Morgan fingerprint density at radius 3 is 2.68 bits per heavy atom. The highest BCUT2D eigenvalue weighted by atomic mass is 16.5. The fourth-order valence-electron chi connectivity index (χ4n) is 4.13. The molecule has 1 N–H and O–H groups in total. The highest BCUT2D eigenvalue weighted by Gasteiger charge is 2.35. The minimum atomic E-state index is 0.118. The summed E-state index contributed by atoms with van der Waals surface area (Å²) in [7, 11) is 0. The van der Waals surface area contributed by atoms with Gasteiger partial charge in [0.25, 0.3) is 0 Å². The second-order valence-corrected chi connectivity index (χ2v) is 7.55. The fraction of sp³-hybridized carbons (Fsp3) is 0.789. The van der Waals surface area contributed by atoms with Crippen LogP contribution in [-0.4, -0.2) is 48.3 Å². The molecule has 3 heterocycles. The monoisotopic (exact) mass is 349 g/mol. The zero-order valence-electron chi connectivity index (χ0n) is 15.7. The SMILES string of the molecule is CCCC1CN(Cc2c(C)noc2C)CC1NC(=O)C1CCOCC1. The molecule has 0 saturated carbocycles. The molecule has 2 aliphatic heterocycles. The number of ether oxygens (including phenoxy) is 1. The van der Waals surface area contributed by atoms with Crippen LogP contribution in [0.15, 0.2) is 4.52 Å². The highest BCUT2D eigenvalue weighted by Crippen LogP contribution is 2.26. The molecule has 1 amide bonds. The maximum atomic E-state index is 12.6. The number of carbonyl (C=O) groups excluding carboxylic acids is 1. The first-order valence-electron chi connectivity index (χ1n) is 9.60. The normalized spacial score (nSPS) is 25.4. The van der Waals surface area contributed by atoms with Crippen LogP contribution in [0.4, 0.5) is 0 Å². The number of nitrogens with zero attached hydrogens (tertiary/aromatic N) is 2. The van der Waals surface area contributed by atoms with E-state index in [1.165, 1.54) is 5.56 Å². The van der Waals surface area contributed by atoms with E-state index >= 15 is 0 Å². The minimum Gasteiger partial charge on any atom is -0.381 e. The quantitative estimate of drug-likeness (QED) is 0.854. The van der Waals surface area contributed by atoms with E-state index in [0.717, 1.165) is 56.8 Å². The van der Waals surface area contributed by atoms with Crippen molar-refractivity contribution in [3.8, 4) is 0 Å². The largest absolute Gasteiger partial charge is 0.381 e. The Balaban J connectivity index is 1.60. The van der Waals surface area contributed by atoms with E-state index in [-0.39, 0.29) is 17.9 Å². The molecule has 3 rings (SSSR count). The molecule has 0 aromatic carbocycles. The predicted molar refractivity (Wildman–Crippen MR) is 95.1 cm³/mol. The number of rotatable bonds is 6. The molecular formula is C19H31N3O3. The van der Waals surface area contributed by atoms with Gasteiger partial charge in [0.15, 0.2) is 0 Å². The van der Waals surface area contributed by atoms with Crippen molar-refractivity contribution in [2.75, 3.05) is 26.3 Å². The lowest BCUT2D eigenvalue weighted by Crippen LogP contribution is -2.44. The third-order valence-electron chi connectivity index (χ3n) is 5.66. The summed E-state index contributed by atoms with van der Waals surface area (Å²) in [6.07, 6.45) is 3.99. The lowest BCUT2D eigenvalue weighted by Gasteiger charge is -2.25. The minimum absolute atomic E-state index is 0.118. The van der Waals surface area contributed by atoms with E-state index in [2.05, 4.69) is 22.3 Å². The van der Waals surface area contributed by atoms with E-state index in [9.17, 15) is 4.79 Å². The zero-order chi connectivity index (χ0) is 17.8. The van der Waals surface area contributed by atoms with Crippen LogP contribution in [0.1, 0.15) is 49.6 Å². The van der Waals surface area contributed by atoms with Crippen molar-refractivity contribution in [3.63, 3.8) is 0 Å². The van der Waals surface area contributed by atoms with Crippen molar-refractivity contribution in [1.29, 1.82) is 0 Å². The Labute approximate surface area is 150 Å². The van der Waals surface area contributed by atoms with Gasteiger partial charge >= 0.3 is 0 Å². The Kier molecular flexibility index (Phi) is 6.12. The first-order valence-corrected chi connectivity index (χ1v) is 9.60. The van der Waals surface area contributed by atoms with Crippen molar-refractivity contribution in [3.05, 3.63) is 17.0 Å². The lowest BCUT2D eigenvalue weighted by atomic mass is 9.95. The lowest BCUT2D eigenvalue weighted by molar-refractivity contribution is -0.128. The number of likely N-dealkylation sites (tertiary alicyclic amines) is 1. The van der Waals surface area contributed by atoms with Gasteiger partial charge in [-0.2, -0.15) is 0 Å². The second-order valence-electron chi connectivity index (χ2n) is 7.55. The second kappa shape index (κ2) is 8.32. The van der Waals surface area contributed by atoms with E-state index in [4.69, 9.17) is 9.26 Å². The van der Waals surface area contributed by atoms with Crippen molar-refractivity contribution in [2.24, 2.45) is 11.8 Å². The summed E-state index contributed by atoms with van der Waals surface area (Å²) in [5, 5.41) is 7.41. The van der Waals surface area contributed by atoms with Gasteiger partial charge in [0, 0.05) is 50.4 Å². The Hall–Kier alpha value is -1.40. The molecule has 2 atom stereocenters. The number of hydrogen-bond acceptors (Lipinski definition) is 5. The number of carbonyl (C=O) groups is 1. The standard InChI is InChI=1S/C19H31N3O3/c1-4-5-16-10-22(11-17-13(2)21-25-14(17)3)12-18(16)20-19(23)15-6-8-24-9-7-15/h15-16,18H,4-12H2,1-3H3,(H,20,23). The molecule has 0 aliphatic carbocycles. The maximum Gasteiger partial charge on any atom is 0.223 e. The number of nitrogens with one attached hydrogen (secondary N) is 1. The van der Waals surface area contributed by atoms with Crippen LogP contribution in [0.25, 0.3) is 0 Å². The van der Waals surface area contributed by atoms with Crippen LogP contribution in [0.2, 0.25) is 0 Å². The van der Waals surface area contributed by atoms with Crippen LogP contribution in [0.5, 0.6) is 0 Å². The zero-order valence-corrected chi connectivity index (χ0v) is 15.7. The molecule has 25 heavy (non-hydrogen) atoms. The van der Waals surface area contributed by atoms with E-state index in [1.807, 2.05) is 13.8 Å². The van der Waals surface area contributed by atoms with Crippen molar-refractivity contribution >= 4 is 5.91 Å². The van der Waals surface area contributed by atoms with Gasteiger partial charge < -0.3 is 14.6 Å². The van der Waals surface area contributed by atoms with Gasteiger partial charge in [-0.05, 0) is 39.0 Å². The number of aromatic nitrogens is 1. The van der Waals surface area contributed by atoms with Crippen LogP contribution >= 0.6 is 0 Å². The molecule has 2 saturated heterocycles. The summed E-state index contributed by atoms with van der Waals surface area (Å²) in [6.45, 7) is 10.4. The topological polar surface area (TPSA) is 67.6 Å². The van der Waals surface area contributed by atoms with E-state index in [1.54, 1.807) is 0 Å². The molecule has 2 fully saturated rings. The average molecular weight is 349 g/mol. The summed E-state index contributed by atoms with van der Waals surface area (Å²) < 4.78 is 10.7. The van der Waals surface area contributed by atoms with Gasteiger partial charge in [0.2, 0.25) is 5.91 Å². The predicted octanol–water partition coefficient (Wildman–Crippen LogP) is 2.43. The molecule has 1 aromatic heterocycles. The summed E-state index contributed by atoms with van der Waals surface area (Å²) >= 11 is 0. The molecular weight excluding hydrogens is 318 g/mol. The van der Waals surface area contributed by atoms with Crippen molar-refractivity contribution < 1.29 is 14.1 Å². The van der Waals surface area contributed by atoms with E-state index < -0.39 is 0 Å². The van der Waals surface area contributed by atoms with Gasteiger partial charge in [-0.15, -0.1) is 0 Å². The summed E-state index contributed by atoms with van der Waals surface area (Å²) in [4.78, 5) is 15.1. The van der Waals surface area contributed by atoms with Gasteiger partial charge in [-0.3, -0.25) is 9.69 Å². The smallest absolute Gasteiger partial charge is 0.223 e. The summed E-state index contributed by atoms with van der Waals surface area (Å²) in [5.41, 5.74) is 2.16.